The number of rotatable bonds is 10. The smallest absolute Gasteiger partial charge is 0.234 e. The monoisotopic (exact) mass is 780 g/mol. The van der Waals surface area contributed by atoms with Crippen LogP contribution >= 0.6 is 0 Å². The molecule has 16 nitrogen and oxygen atoms in total. The van der Waals surface area contributed by atoms with Gasteiger partial charge in [-0.05, 0) is 95.5 Å². The third-order valence-corrected chi connectivity index (χ3v) is 12.2. The van der Waals surface area contributed by atoms with E-state index in [-0.39, 0.29) is 29.1 Å². The summed E-state index contributed by atoms with van der Waals surface area (Å²) in [4.78, 5) is 38.2. The number of nitrogen functional groups attached to an aromatic ring is 1. The Hall–Kier alpha value is -6.39. The first-order valence-corrected chi connectivity index (χ1v) is 20.2. The van der Waals surface area contributed by atoms with Gasteiger partial charge in [0.2, 0.25) is 11.8 Å². The van der Waals surface area contributed by atoms with Gasteiger partial charge in [-0.15, -0.1) is 5.10 Å². The Kier molecular flexibility index (Phi) is 10.8. The van der Waals surface area contributed by atoms with Gasteiger partial charge in [-0.1, -0.05) is 17.3 Å². The van der Waals surface area contributed by atoms with E-state index >= 15 is 0 Å². The van der Waals surface area contributed by atoms with E-state index in [0.717, 1.165) is 56.6 Å². The maximum atomic E-state index is 12.4. The number of piperazine rings is 1. The van der Waals surface area contributed by atoms with Gasteiger partial charge >= 0.3 is 0 Å². The Balaban J connectivity index is 0.866. The molecule has 2 saturated heterocycles. The molecule has 58 heavy (non-hydrogen) atoms. The van der Waals surface area contributed by atoms with Crippen LogP contribution in [0.1, 0.15) is 94.4 Å². The Morgan fingerprint density at radius 3 is 2.55 bits per heavy atom. The second-order valence-corrected chi connectivity index (χ2v) is 16.1. The molecule has 2 amide bonds. The largest absolute Gasteiger partial charge is 0.383 e. The number of carbonyl (C=O) groups is 2. The number of benzene rings is 1. The Morgan fingerprint density at radius 1 is 1.02 bits per heavy atom. The van der Waals surface area contributed by atoms with Gasteiger partial charge in [-0.2, -0.15) is 20.3 Å². The quantitative estimate of drug-likeness (QED) is 0.160. The predicted octanol–water partition coefficient (Wildman–Crippen LogP) is 4.96. The molecule has 4 N–H and O–H groups in total. The topological polar surface area (TPSA) is 213 Å². The van der Waals surface area contributed by atoms with Crippen molar-refractivity contribution in [3.8, 4) is 23.6 Å². The van der Waals surface area contributed by atoms with Gasteiger partial charge in [0, 0.05) is 54.7 Å². The number of aromatic nitrogens is 7. The van der Waals surface area contributed by atoms with E-state index in [1.807, 2.05) is 18.3 Å². The van der Waals surface area contributed by atoms with Crippen LogP contribution in [0.3, 0.4) is 0 Å². The molecule has 0 spiro atoms. The highest BCUT2D eigenvalue weighted by molar-refractivity contribution is 6.01. The van der Waals surface area contributed by atoms with Crippen molar-refractivity contribution in [3.05, 3.63) is 71.8 Å². The van der Waals surface area contributed by atoms with Crippen LogP contribution in [0.2, 0.25) is 0 Å². The van der Waals surface area contributed by atoms with Gasteiger partial charge < -0.3 is 16.0 Å². The zero-order valence-corrected chi connectivity index (χ0v) is 33.0. The van der Waals surface area contributed by atoms with Crippen molar-refractivity contribution in [2.24, 2.45) is 5.92 Å². The summed E-state index contributed by atoms with van der Waals surface area (Å²) in [7, 11) is 0. The second kappa shape index (κ2) is 16.2. The summed E-state index contributed by atoms with van der Waals surface area (Å²) in [5, 5.41) is 38.9. The molecule has 1 saturated carbocycles. The van der Waals surface area contributed by atoms with Crippen molar-refractivity contribution in [1.29, 1.82) is 10.5 Å². The molecule has 2 aliphatic heterocycles. The number of nitrogens with two attached hydrogens (primary N) is 1. The molecule has 1 unspecified atom stereocenters. The van der Waals surface area contributed by atoms with Crippen LogP contribution in [-0.2, 0) is 9.59 Å². The number of amides is 2. The summed E-state index contributed by atoms with van der Waals surface area (Å²) >= 11 is 0. The lowest BCUT2D eigenvalue weighted by atomic mass is 9.79. The van der Waals surface area contributed by atoms with E-state index in [2.05, 4.69) is 83.9 Å². The minimum atomic E-state index is -0.491. The molecule has 3 fully saturated rings. The second-order valence-electron chi connectivity index (χ2n) is 16.1. The molecule has 298 valence electrons. The number of piperidine rings is 1. The van der Waals surface area contributed by atoms with Gasteiger partial charge in [-0.3, -0.25) is 19.8 Å². The van der Waals surface area contributed by atoms with Crippen LogP contribution in [-0.4, -0.2) is 89.2 Å². The van der Waals surface area contributed by atoms with Crippen LogP contribution in [0.5, 0.6) is 0 Å². The minimum Gasteiger partial charge on any atom is -0.383 e. The molecule has 0 radical (unpaired) electrons. The zero-order valence-electron chi connectivity index (χ0n) is 33.0. The maximum Gasteiger partial charge on any atom is 0.234 e. The van der Waals surface area contributed by atoms with E-state index in [1.165, 1.54) is 12.1 Å². The molecule has 0 bridgehead atoms. The number of anilines is 3. The molecule has 1 aliphatic carbocycles. The zero-order chi connectivity index (χ0) is 40.5. The van der Waals surface area contributed by atoms with Crippen LogP contribution in [0.25, 0.3) is 22.5 Å². The molecule has 4 aromatic heterocycles. The highest BCUT2D eigenvalue weighted by Crippen LogP contribution is 2.37. The summed E-state index contributed by atoms with van der Waals surface area (Å²) in [6.45, 7) is 9.42. The number of hydrogen-bond acceptors (Lipinski definition) is 13. The van der Waals surface area contributed by atoms with Crippen molar-refractivity contribution in [2.75, 3.05) is 35.6 Å². The van der Waals surface area contributed by atoms with E-state index in [9.17, 15) is 20.1 Å². The fraction of sp³-hybridized carbons (Fsp3) is 0.452. The van der Waals surface area contributed by atoms with Crippen LogP contribution < -0.4 is 21.3 Å². The van der Waals surface area contributed by atoms with E-state index in [1.54, 1.807) is 40.8 Å². The van der Waals surface area contributed by atoms with Crippen molar-refractivity contribution in [1.82, 2.24) is 45.0 Å². The number of carbonyl (C=O) groups excluding carboxylic acids is 2. The Bertz CT molecular complexity index is 2400. The third kappa shape index (κ3) is 7.80. The summed E-state index contributed by atoms with van der Waals surface area (Å²) in [5.74, 6) is 0.915. The Morgan fingerprint density at radius 2 is 1.81 bits per heavy atom. The fourth-order valence-electron chi connectivity index (χ4n) is 8.80. The third-order valence-electron chi connectivity index (χ3n) is 12.2. The van der Waals surface area contributed by atoms with Crippen molar-refractivity contribution in [2.45, 2.75) is 95.7 Å². The molecule has 3 aliphatic rings. The van der Waals surface area contributed by atoms with Crippen LogP contribution in [0.4, 0.5) is 17.2 Å². The van der Waals surface area contributed by atoms with E-state index < -0.39 is 6.04 Å². The standard InChI is InChI=1S/C42H48N14O2/c1-25(18-43)48-35-17-38(56-41-32(20-47-56)16-31(19-44)40(45)50-41)46-21-37(35)55-24-36(51-52-55)30-6-4-28(5-7-30)14-15-53-22-27(3)54(23-26(53)2)33-10-8-29(9-11-33)34-12-13-39(57)49-42(34)58/h8-11,16-17,20-21,24-28,30,34H,4-7,12-15,22-23H2,1-3H3,(H2,45,50)(H,46,48)(H,49,57,58)/t25-,26+,27-,28?,30?,34?/m1/s1. The molecule has 5 aromatic rings. The first kappa shape index (κ1) is 38.5. The van der Waals surface area contributed by atoms with Crippen molar-refractivity contribution < 1.29 is 9.59 Å². The highest BCUT2D eigenvalue weighted by Gasteiger charge is 2.32. The number of nitrogens with one attached hydrogen (secondary N) is 2. The van der Waals surface area contributed by atoms with Crippen LogP contribution in [0.15, 0.2) is 55.0 Å². The molecule has 4 atom stereocenters. The summed E-state index contributed by atoms with van der Waals surface area (Å²) in [6, 6.07) is 16.4. The number of hydrogen-bond donors (Lipinski definition) is 3. The van der Waals surface area contributed by atoms with Crippen molar-refractivity contribution >= 4 is 40.0 Å². The van der Waals surface area contributed by atoms with Gasteiger partial charge in [0.25, 0.3) is 0 Å². The number of imide groups is 1. The summed E-state index contributed by atoms with van der Waals surface area (Å²) in [6.07, 6.45) is 11.8. The molecule has 8 rings (SSSR count). The normalized spacial score (nSPS) is 23.3. The molecule has 6 heterocycles. The minimum absolute atomic E-state index is 0.113. The first-order chi connectivity index (χ1) is 28.1. The SMILES string of the molecule is C[C@H](C#N)Nc1cc(-n2ncc3cc(C#N)c(N)nc32)ncc1-n1cc(C2CCC(CCN3C[C@@H](C)N(c4ccc(C5CCC(=O)NC5=O)cc4)C[C@@H]3C)CC2)nn1. The molecule has 16 heteroatoms. The average molecular weight is 781 g/mol. The molecular formula is C42H48N14O2. The van der Waals surface area contributed by atoms with Gasteiger partial charge in [0.1, 0.15) is 23.6 Å². The number of nitrogens with zero attached hydrogens (tertiary/aromatic N) is 11. The summed E-state index contributed by atoms with van der Waals surface area (Å²) in [5.41, 5.74) is 11.1. The highest BCUT2D eigenvalue weighted by atomic mass is 16.2. The Labute approximate surface area is 337 Å². The van der Waals surface area contributed by atoms with E-state index in [0.29, 0.717) is 65.0 Å². The van der Waals surface area contributed by atoms with Gasteiger partial charge in [0.15, 0.2) is 11.5 Å². The lowest BCUT2D eigenvalue weighted by molar-refractivity contribution is -0.134. The average Bonchev–Trinajstić information content (AvgIpc) is 3.89. The lowest BCUT2D eigenvalue weighted by Gasteiger charge is -2.46. The number of pyridine rings is 2. The number of fused-ring (bicyclic) bond motifs is 1. The van der Waals surface area contributed by atoms with Crippen molar-refractivity contribution in [3.63, 3.8) is 0 Å². The van der Waals surface area contributed by atoms with Gasteiger partial charge in [0.05, 0.1) is 47.5 Å². The molecular weight excluding hydrogens is 733 g/mol. The van der Waals surface area contributed by atoms with Gasteiger partial charge in [-0.25, -0.2) is 14.6 Å². The summed E-state index contributed by atoms with van der Waals surface area (Å²) < 4.78 is 3.27. The first-order valence-electron chi connectivity index (χ1n) is 20.2. The van der Waals surface area contributed by atoms with E-state index in [4.69, 9.17) is 5.73 Å². The molecule has 1 aromatic carbocycles. The number of nitriles is 2. The van der Waals surface area contributed by atoms with Crippen LogP contribution in [0, 0.1) is 28.6 Å². The fourth-order valence-corrected chi connectivity index (χ4v) is 8.80. The maximum absolute atomic E-state index is 12.4. The predicted molar refractivity (Wildman–Crippen MR) is 218 cm³/mol. The lowest BCUT2D eigenvalue weighted by Crippen LogP contribution is -2.56.